The maximum absolute atomic E-state index is 11.6. The minimum atomic E-state index is -3.51. The van der Waals surface area contributed by atoms with Gasteiger partial charge in [-0.3, -0.25) is 15.1 Å². The van der Waals surface area contributed by atoms with Crippen molar-refractivity contribution in [2.75, 3.05) is 44.3 Å². The third-order valence-electron chi connectivity index (χ3n) is 4.79. The number of aliphatic imine (C=N–C) groups is 1. The van der Waals surface area contributed by atoms with E-state index in [1.807, 2.05) is 6.92 Å². The zero-order valence-corrected chi connectivity index (χ0v) is 21.1. The molecule has 30 heavy (non-hydrogen) atoms. The lowest BCUT2D eigenvalue weighted by molar-refractivity contribution is -0.384. The van der Waals surface area contributed by atoms with E-state index in [4.69, 9.17) is 0 Å². The summed E-state index contributed by atoms with van der Waals surface area (Å²) in [5.41, 5.74) is 0.0188. The lowest BCUT2D eigenvalue weighted by atomic mass is 9.92. The van der Waals surface area contributed by atoms with Crippen LogP contribution in [0.5, 0.6) is 0 Å². The van der Waals surface area contributed by atoms with E-state index in [2.05, 4.69) is 34.4 Å². The van der Waals surface area contributed by atoms with Crippen LogP contribution in [0.15, 0.2) is 28.1 Å². The molecule has 1 aliphatic heterocycles. The van der Waals surface area contributed by atoms with Crippen molar-refractivity contribution in [3.05, 3.63) is 28.3 Å². The number of benzene rings is 1. The van der Waals surface area contributed by atoms with Gasteiger partial charge in [0.05, 0.1) is 16.4 Å². The first-order chi connectivity index (χ1) is 13.6. The quantitative estimate of drug-likeness (QED) is 0.133. The van der Waals surface area contributed by atoms with E-state index < -0.39 is 14.8 Å². The number of hydrogen-bond donors (Lipinski definition) is 2. The van der Waals surface area contributed by atoms with Gasteiger partial charge in [0.1, 0.15) is 5.69 Å². The highest BCUT2D eigenvalue weighted by molar-refractivity contribution is 14.0. The van der Waals surface area contributed by atoms with Crippen LogP contribution in [0.2, 0.25) is 0 Å². The largest absolute Gasteiger partial charge is 0.378 e. The first kappa shape index (κ1) is 26.4. The molecule has 0 amide bonds. The molecule has 1 fully saturated rings. The van der Waals surface area contributed by atoms with Gasteiger partial charge in [0, 0.05) is 38.5 Å². The van der Waals surface area contributed by atoms with Crippen molar-refractivity contribution < 1.29 is 13.3 Å². The second kappa shape index (κ2) is 11.7. The molecule has 0 spiro atoms. The zero-order chi connectivity index (χ0) is 21.6. The molecule has 11 heteroatoms. The standard InChI is InChI=1S/C19H31N5O4S.HI/c1-5-20-19(23-12-14(2)10-15(3)13-23)22-9-8-21-17-7-6-16(29(4,27)28)11-18(17)24(25)26;/h6-7,11,14-15,21H,5,8-10,12-13H2,1-4H3,(H,20,22);1H. The van der Waals surface area contributed by atoms with Crippen LogP contribution in [0, 0.1) is 22.0 Å². The van der Waals surface area contributed by atoms with Crippen molar-refractivity contribution in [2.45, 2.75) is 32.1 Å². The normalized spacial score (nSPS) is 19.7. The SMILES string of the molecule is CCNC(=NCCNc1ccc(S(C)(=O)=O)cc1[N+](=O)[O-])N1CC(C)CC(C)C1.I. The lowest BCUT2D eigenvalue weighted by Crippen LogP contribution is -2.48. The molecule has 0 saturated carbocycles. The Kier molecular flexibility index (Phi) is 10.3. The minimum Gasteiger partial charge on any atom is -0.378 e. The number of anilines is 1. The van der Waals surface area contributed by atoms with E-state index in [1.165, 1.54) is 18.6 Å². The molecule has 2 unspecified atom stereocenters. The van der Waals surface area contributed by atoms with E-state index in [0.29, 0.717) is 24.9 Å². The van der Waals surface area contributed by atoms with Crippen molar-refractivity contribution in [1.29, 1.82) is 0 Å². The first-order valence-corrected chi connectivity index (χ1v) is 11.8. The van der Waals surface area contributed by atoms with E-state index in [1.54, 1.807) is 0 Å². The van der Waals surface area contributed by atoms with E-state index in [-0.39, 0.29) is 40.2 Å². The number of guanidine groups is 1. The van der Waals surface area contributed by atoms with Crippen LogP contribution >= 0.6 is 24.0 Å². The average molecular weight is 553 g/mol. The third-order valence-corrected chi connectivity index (χ3v) is 5.90. The van der Waals surface area contributed by atoms with Crippen LogP contribution in [-0.2, 0) is 9.84 Å². The van der Waals surface area contributed by atoms with Crippen LogP contribution in [0.3, 0.4) is 0 Å². The number of nitrogens with one attached hydrogen (secondary N) is 2. The molecule has 2 atom stereocenters. The molecule has 2 rings (SSSR count). The van der Waals surface area contributed by atoms with Gasteiger partial charge < -0.3 is 15.5 Å². The Morgan fingerprint density at radius 3 is 2.47 bits per heavy atom. The van der Waals surface area contributed by atoms with Crippen LogP contribution in [0.4, 0.5) is 11.4 Å². The monoisotopic (exact) mass is 553 g/mol. The second-order valence-electron chi connectivity index (χ2n) is 7.72. The molecule has 1 aromatic carbocycles. The number of nitro benzene ring substituents is 1. The Labute approximate surface area is 195 Å². The summed E-state index contributed by atoms with van der Waals surface area (Å²) in [7, 11) is -3.51. The molecule has 2 N–H and O–H groups in total. The van der Waals surface area contributed by atoms with Gasteiger partial charge in [0.2, 0.25) is 0 Å². The summed E-state index contributed by atoms with van der Waals surface area (Å²) in [4.78, 5) is 17.6. The molecule has 0 aromatic heterocycles. The van der Waals surface area contributed by atoms with Gasteiger partial charge in [-0.05, 0) is 37.3 Å². The minimum absolute atomic E-state index is 0. The molecule has 1 aliphatic rings. The fourth-order valence-corrected chi connectivity index (χ4v) is 4.30. The lowest BCUT2D eigenvalue weighted by Gasteiger charge is -2.37. The van der Waals surface area contributed by atoms with Gasteiger partial charge in [-0.2, -0.15) is 0 Å². The predicted molar refractivity (Wildman–Crippen MR) is 131 cm³/mol. The predicted octanol–water partition coefficient (Wildman–Crippen LogP) is 2.97. The highest BCUT2D eigenvalue weighted by atomic mass is 127. The highest BCUT2D eigenvalue weighted by Gasteiger charge is 2.24. The van der Waals surface area contributed by atoms with Gasteiger partial charge in [-0.1, -0.05) is 13.8 Å². The molecular weight excluding hydrogens is 521 g/mol. The Balaban J connectivity index is 0.00000450. The van der Waals surface area contributed by atoms with Gasteiger partial charge >= 0.3 is 0 Å². The van der Waals surface area contributed by atoms with Crippen LogP contribution in [0.1, 0.15) is 27.2 Å². The van der Waals surface area contributed by atoms with Crippen molar-refractivity contribution in [3.8, 4) is 0 Å². The van der Waals surface area contributed by atoms with Crippen molar-refractivity contribution >= 4 is 51.1 Å². The number of piperidine rings is 1. The molecule has 170 valence electrons. The highest BCUT2D eigenvalue weighted by Crippen LogP contribution is 2.27. The third kappa shape index (κ3) is 7.56. The Bertz CT molecular complexity index is 852. The molecule has 0 radical (unpaired) electrons. The summed E-state index contributed by atoms with van der Waals surface area (Å²) in [5, 5.41) is 17.6. The van der Waals surface area contributed by atoms with Gasteiger partial charge in [0.15, 0.2) is 15.8 Å². The Morgan fingerprint density at radius 2 is 1.93 bits per heavy atom. The zero-order valence-electron chi connectivity index (χ0n) is 17.9. The van der Waals surface area contributed by atoms with Crippen LogP contribution in [-0.4, -0.2) is 63.2 Å². The van der Waals surface area contributed by atoms with Crippen molar-refractivity contribution in [2.24, 2.45) is 16.8 Å². The van der Waals surface area contributed by atoms with E-state index >= 15 is 0 Å². The Hall–Kier alpha value is -1.63. The molecule has 1 saturated heterocycles. The Morgan fingerprint density at radius 1 is 1.30 bits per heavy atom. The number of nitrogens with zero attached hydrogens (tertiary/aromatic N) is 3. The molecule has 1 aromatic rings. The average Bonchev–Trinajstić information content (AvgIpc) is 2.62. The summed E-state index contributed by atoms with van der Waals surface area (Å²) >= 11 is 0. The fourth-order valence-electron chi connectivity index (χ4n) is 3.66. The molecular formula is C19H32IN5O4S. The number of sulfone groups is 1. The number of rotatable bonds is 7. The van der Waals surface area contributed by atoms with E-state index in [0.717, 1.165) is 37.9 Å². The molecule has 0 aliphatic carbocycles. The van der Waals surface area contributed by atoms with Crippen LogP contribution < -0.4 is 10.6 Å². The van der Waals surface area contributed by atoms with Gasteiger partial charge in [0.25, 0.3) is 5.69 Å². The van der Waals surface area contributed by atoms with E-state index in [9.17, 15) is 18.5 Å². The smallest absolute Gasteiger partial charge is 0.293 e. The molecule has 9 nitrogen and oxygen atoms in total. The summed E-state index contributed by atoms with van der Waals surface area (Å²) in [6, 6.07) is 3.88. The maximum atomic E-state index is 11.6. The summed E-state index contributed by atoms with van der Waals surface area (Å²) in [6.07, 6.45) is 2.24. The van der Waals surface area contributed by atoms with Crippen LogP contribution in [0.25, 0.3) is 0 Å². The summed E-state index contributed by atoms with van der Waals surface area (Å²) in [5.74, 6) is 2.07. The fraction of sp³-hybridized carbons (Fsp3) is 0.632. The molecule has 0 bridgehead atoms. The summed E-state index contributed by atoms with van der Waals surface area (Å²) < 4.78 is 23.3. The van der Waals surface area contributed by atoms with Gasteiger partial charge in [-0.15, -0.1) is 24.0 Å². The second-order valence-corrected chi connectivity index (χ2v) is 9.74. The van der Waals surface area contributed by atoms with Crippen molar-refractivity contribution in [1.82, 2.24) is 10.2 Å². The van der Waals surface area contributed by atoms with Crippen molar-refractivity contribution in [3.63, 3.8) is 0 Å². The summed E-state index contributed by atoms with van der Waals surface area (Å²) in [6.45, 7) is 10.0. The molecule has 1 heterocycles. The van der Waals surface area contributed by atoms with Gasteiger partial charge in [-0.25, -0.2) is 8.42 Å². The maximum Gasteiger partial charge on any atom is 0.293 e. The number of likely N-dealkylation sites (tertiary alicyclic amines) is 1. The first-order valence-electron chi connectivity index (χ1n) is 9.87. The number of halogens is 1. The topological polar surface area (TPSA) is 117 Å². The number of hydrogen-bond acceptors (Lipinski definition) is 6. The number of nitro groups is 1.